The van der Waals surface area contributed by atoms with Gasteiger partial charge in [-0.25, -0.2) is 4.79 Å². The molecule has 2 unspecified atom stereocenters. The maximum atomic E-state index is 11.0. The quantitative estimate of drug-likeness (QED) is 0.424. The van der Waals surface area contributed by atoms with Gasteiger partial charge in [0.2, 0.25) is 0 Å². The number of rotatable bonds is 6. The van der Waals surface area contributed by atoms with Crippen LogP contribution < -0.4 is 5.32 Å². The van der Waals surface area contributed by atoms with Gasteiger partial charge < -0.3 is 20.4 Å². The number of carbonyl (C=O) groups is 3. The Kier molecular flexibility index (Phi) is 10.5. The Balaban J connectivity index is 0. The first kappa shape index (κ1) is 24.6. The molecule has 0 aliphatic rings. The number of carboxylic acids is 2. The van der Waals surface area contributed by atoms with Crippen LogP contribution in [0.1, 0.15) is 61.3 Å². The molecule has 0 aromatic rings. The SMILES string of the molecule is CC(C)(C)C(CC(=O)O)C(=O)OO.CC(CC(=O)O)NC(C)(C)C. The molecule has 0 rings (SSSR count). The van der Waals surface area contributed by atoms with E-state index in [1.165, 1.54) is 0 Å². The molecule has 0 aliphatic carbocycles. The average molecular weight is 349 g/mol. The highest BCUT2D eigenvalue weighted by Gasteiger charge is 2.34. The first-order chi connectivity index (χ1) is 10.6. The summed E-state index contributed by atoms with van der Waals surface area (Å²) < 4.78 is 0. The lowest BCUT2D eigenvalue weighted by Gasteiger charge is -2.25. The Morgan fingerprint density at radius 2 is 1.38 bits per heavy atom. The Morgan fingerprint density at radius 1 is 0.958 bits per heavy atom. The molecular weight excluding hydrogens is 318 g/mol. The third-order valence-electron chi connectivity index (χ3n) is 2.96. The zero-order valence-electron chi connectivity index (χ0n) is 15.5. The molecule has 0 spiro atoms. The molecule has 0 aromatic carbocycles. The van der Waals surface area contributed by atoms with Crippen LogP contribution >= 0.6 is 0 Å². The van der Waals surface area contributed by atoms with Crippen LogP contribution in [0.2, 0.25) is 0 Å². The van der Waals surface area contributed by atoms with Crippen molar-refractivity contribution in [1.82, 2.24) is 5.32 Å². The highest BCUT2D eigenvalue weighted by atomic mass is 17.1. The van der Waals surface area contributed by atoms with E-state index in [2.05, 4.69) is 10.2 Å². The number of nitrogens with one attached hydrogen (secondary N) is 1. The van der Waals surface area contributed by atoms with Gasteiger partial charge in [-0.3, -0.25) is 9.59 Å². The highest BCUT2D eigenvalue weighted by Crippen LogP contribution is 2.29. The minimum absolute atomic E-state index is 0.00509. The minimum atomic E-state index is -1.09. The van der Waals surface area contributed by atoms with Crippen LogP contribution in [-0.2, 0) is 19.3 Å². The van der Waals surface area contributed by atoms with E-state index < -0.39 is 29.2 Å². The molecule has 0 aliphatic heterocycles. The van der Waals surface area contributed by atoms with E-state index in [0.717, 1.165) is 0 Å². The van der Waals surface area contributed by atoms with Crippen LogP contribution in [0.5, 0.6) is 0 Å². The molecule has 0 saturated heterocycles. The molecule has 0 fully saturated rings. The van der Waals surface area contributed by atoms with E-state index in [-0.39, 0.29) is 24.4 Å². The molecule has 8 heteroatoms. The topological polar surface area (TPSA) is 133 Å². The van der Waals surface area contributed by atoms with Gasteiger partial charge in [0, 0.05) is 11.6 Å². The van der Waals surface area contributed by atoms with Crippen LogP contribution in [0.3, 0.4) is 0 Å². The Morgan fingerprint density at radius 3 is 1.62 bits per heavy atom. The van der Waals surface area contributed by atoms with Crippen molar-refractivity contribution in [3.8, 4) is 0 Å². The third kappa shape index (κ3) is 14.0. The lowest BCUT2D eigenvalue weighted by molar-refractivity contribution is -0.242. The first-order valence-electron chi connectivity index (χ1n) is 7.66. The van der Waals surface area contributed by atoms with Crippen molar-refractivity contribution in [3.05, 3.63) is 0 Å². The highest BCUT2D eigenvalue weighted by molar-refractivity contribution is 5.79. The summed E-state index contributed by atoms with van der Waals surface area (Å²) in [6.45, 7) is 13.0. The summed E-state index contributed by atoms with van der Waals surface area (Å²) in [4.78, 5) is 35.1. The third-order valence-corrected chi connectivity index (χ3v) is 2.96. The van der Waals surface area contributed by atoms with Crippen LogP contribution in [0, 0.1) is 11.3 Å². The molecule has 8 nitrogen and oxygen atoms in total. The second-order valence-electron chi connectivity index (χ2n) is 7.82. The molecule has 0 aromatic heterocycles. The van der Waals surface area contributed by atoms with Crippen molar-refractivity contribution < 1.29 is 34.7 Å². The molecule has 0 amide bonds. The average Bonchev–Trinajstić information content (AvgIpc) is 2.30. The number of aliphatic carboxylic acids is 2. The Bertz CT molecular complexity index is 421. The smallest absolute Gasteiger partial charge is 0.346 e. The number of hydrogen-bond donors (Lipinski definition) is 4. The maximum Gasteiger partial charge on any atom is 0.346 e. The maximum absolute atomic E-state index is 11.0. The standard InChI is InChI=1S/C8H17NO2.C8H14O5/c1-6(5-7(10)11)9-8(2,3)4;1-8(2,3)5(4-6(9)10)7(11)13-12/h6,9H,5H2,1-4H3,(H,10,11);5,12H,4H2,1-3H3,(H,9,10). The van der Waals surface area contributed by atoms with Crippen molar-refractivity contribution in [3.63, 3.8) is 0 Å². The predicted molar refractivity (Wildman–Crippen MR) is 88.5 cm³/mol. The number of carboxylic acid groups (broad SMARTS) is 2. The van der Waals surface area contributed by atoms with Crippen molar-refractivity contribution in [2.24, 2.45) is 11.3 Å². The summed E-state index contributed by atoms with van der Waals surface area (Å²) in [5, 5.41) is 28.3. The van der Waals surface area contributed by atoms with Crippen LogP contribution in [0.25, 0.3) is 0 Å². The molecule has 0 heterocycles. The lowest BCUT2D eigenvalue weighted by atomic mass is 9.79. The molecule has 4 N–H and O–H groups in total. The number of hydrogen-bond acceptors (Lipinski definition) is 6. The molecule has 0 radical (unpaired) electrons. The van der Waals surface area contributed by atoms with Crippen LogP contribution in [0.4, 0.5) is 0 Å². The zero-order valence-corrected chi connectivity index (χ0v) is 15.5. The fourth-order valence-corrected chi connectivity index (χ4v) is 2.03. The van der Waals surface area contributed by atoms with Crippen LogP contribution in [0.15, 0.2) is 0 Å². The summed E-state index contributed by atoms with van der Waals surface area (Å²) in [5.74, 6) is -3.59. The molecule has 2 atom stereocenters. The van der Waals surface area contributed by atoms with E-state index in [9.17, 15) is 14.4 Å². The van der Waals surface area contributed by atoms with Crippen molar-refractivity contribution in [1.29, 1.82) is 0 Å². The summed E-state index contributed by atoms with van der Waals surface area (Å²) in [5.41, 5.74) is -0.549. The van der Waals surface area contributed by atoms with E-state index in [4.69, 9.17) is 15.5 Å². The molecule has 24 heavy (non-hydrogen) atoms. The van der Waals surface area contributed by atoms with Gasteiger partial charge in [0.05, 0.1) is 18.8 Å². The first-order valence-corrected chi connectivity index (χ1v) is 7.66. The van der Waals surface area contributed by atoms with Crippen LogP contribution in [-0.4, -0.2) is 45.0 Å². The molecule has 0 saturated carbocycles. The van der Waals surface area contributed by atoms with Gasteiger partial charge in [0.15, 0.2) is 0 Å². The molecule has 0 bridgehead atoms. The second kappa shape index (κ2) is 10.2. The summed E-state index contributed by atoms with van der Waals surface area (Å²) in [6, 6.07) is 0.0347. The second-order valence-corrected chi connectivity index (χ2v) is 7.82. The Labute approximate surface area is 143 Å². The van der Waals surface area contributed by atoms with Crippen molar-refractivity contribution >= 4 is 17.9 Å². The van der Waals surface area contributed by atoms with Crippen molar-refractivity contribution in [2.75, 3.05) is 0 Å². The monoisotopic (exact) mass is 349 g/mol. The minimum Gasteiger partial charge on any atom is -0.481 e. The zero-order chi connectivity index (χ0) is 19.7. The van der Waals surface area contributed by atoms with Crippen molar-refractivity contribution in [2.45, 2.75) is 72.9 Å². The van der Waals surface area contributed by atoms with E-state index in [1.54, 1.807) is 20.8 Å². The van der Waals surface area contributed by atoms with Gasteiger partial charge in [-0.2, -0.15) is 5.26 Å². The van der Waals surface area contributed by atoms with E-state index in [1.807, 2.05) is 27.7 Å². The van der Waals surface area contributed by atoms with Gasteiger partial charge in [0.1, 0.15) is 0 Å². The summed E-state index contributed by atoms with van der Waals surface area (Å²) in [6.07, 6.45) is -0.167. The fourth-order valence-electron chi connectivity index (χ4n) is 2.03. The lowest BCUT2D eigenvalue weighted by Crippen LogP contribution is -2.42. The van der Waals surface area contributed by atoms with Gasteiger partial charge >= 0.3 is 17.9 Å². The predicted octanol–water partition coefficient (Wildman–Crippen LogP) is 2.38. The molecule has 142 valence electrons. The van der Waals surface area contributed by atoms with Gasteiger partial charge in [-0.15, -0.1) is 0 Å². The fraction of sp³-hybridized carbons (Fsp3) is 0.812. The van der Waals surface area contributed by atoms with E-state index in [0.29, 0.717) is 0 Å². The molecular formula is C16H31NO7. The van der Waals surface area contributed by atoms with Gasteiger partial charge in [-0.05, 0) is 33.1 Å². The normalized spacial score (nSPS) is 14.0. The summed E-state index contributed by atoms with van der Waals surface area (Å²) >= 11 is 0. The van der Waals surface area contributed by atoms with Gasteiger partial charge in [-0.1, -0.05) is 20.8 Å². The largest absolute Gasteiger partial charge is 0.481 e. The Hall–Kier alpha value is -1.67. The number of carbonyl (C=O) groups excluding carboxylic acids is 1. The van der Waals surface area contributed by atoms with E-state index >= 15 is 0 Å². The summed E-state index contributed by atoms with van der Waals surface area (Å²) in [7, 11) is 0. The van der Waals surface area contributed by atoms with Gasteiger partial charge in [0.25, 0.3) is 0 Å².